The normalized spacial score (nSPS) is 13.2. The number of alkyl halides is 3. The molecule has 1 unspecified atom stereocenters. The Morgan fingerprint density at radius 2 is 1.57 bits per heavy atom. The van der Waals surface area contributed by atoms with E-state index in [0.717, 1.165) is 33.3 Å². The van der Waals surface area contributed by atoms with Gasteiger partial charge in [-0.15, -0.1) is 0 Å². The Kier molecular flexibility index (Phi) is 5.27. The van der Waals surface area contributed by atoms with Gasteiger partial charge in [0.05, 0.1) is 5.56 Å². The zero-order valence-electron chi connectivity index (χ0n) is 11.4. The summed E-state index contributed by atoms with van der Waals surface area (Å²) in [5.41, 5.74) is 1.38. The molecule has 0 aliphatic heterocycles. The molecular weight excluding hydrogens is 390 g/mol. The van der Waals surface area contributed by atoms with Gasteiger partial charge >= 0.3 is 6.18 Å². The lowest BCUT2D eigenvalue weighted by Gasteiger charge is -2.18. The SMILES string of the molecule is CNC(Cc1ccc(I)cc1)c1ccc(C(F)(F)F)cc1. The van der Waals surface area contributed by atoms with Crippen molar-refractivity contribution in [1.29, 1.82) is 0 Å². The standard InChI is InChI=1S/C16H15F3IN/c1-21-15(10-11-2-8-14(20)9-3-11)12-4-6-13(7-5-12)16(17,18)19/h2-9,15,21H,10H2,1H3. The van der Waals surface area contributed by atoms with Crippen molar-refractivity contribution < 1.29 is 13.2 Å². The van der Waals surface area contributed by atoms with E-state index < -0.39 is 11.7 Å². The fourth-order valence-corrected chi connectivity index (χ4v) is 2.51. The van der Waals surface area contributed by atoms with Gasteiger partial charge in [0, 0.05) is 9.61 Å². The van der Waals surface area contributed by atoms with Crippen LogP contribution >= 0.6 is 22.6 Å². The van der Waals surface area contributed by atoms with Crippen LogP contribution in [0, 0.1) is 3.57 Å². The highest BCUT2D eigenvalue weighted by atomic mass is 127. The molecule has 1 atom stereocenters. The van der Waals surface area contributed by atoms with Crippen molar-refractivity contribution in [3.63, 3.8) is 0 Å². The number of likely N-dealkylation sites (N-methyl/N-ethyl adjacent to an activating group) is 1. The summed E-state index contributed by atoms with van der Waals surface area (Å²) in [4.78, 5) is 0. The Morgan fingerprint density at radius 3 is 2.05 bits per heavy atom. The first-order valence-electron chi connectivity index (χ1n) is 6.49. The molecule has 0 amide bonds. The molecule has 0 fully saturated rings. The number of hydrogen-bond donors (Lipinski definition) is 1. The minimum atomic E-state index is -4.29. The highest BCUT2D eigenvalue weighted by Crippen LogP contribution is 2.30. The zero-order chi connectivity index (χ0) is 15.5. The molecule has 0 saturated heterocycles. The van der Waals surface area contributed by atoms with Gasteiger partial charge in [-0.25, -0.2) is 0 Å². The number of hydrogen-bond acceptors (Lipinski definition) is 1. The maximum Gasteiger partial charge on any atom is 0.416 e. The summed E-state index contributed by atoms with van der Waals surface area (Å²) in [6.45, 7) is 0. The molecular formula is C16H15F3IN. The molecule has 0 bridgehead atoms. The third kappa shape index (κ3) is 4.44. The molecule has 2 aromatic carbocycles. The predicted molar refractivity (Wildman–Crippen MR) is 86.1 cm³/mol. The molecule has 0 radical (unpaired) electrons. The minimum Gasteiger partial charge on any atom is -0.313 e. The summed E-state index contributed by atoms with van der Waals surface area (Å²) in [5.74, 6) is 0. The van der Waals surface area contributed by atoms with Crippen LogP contribution < -0.4 is 5.32 Å². The average molecular weight is 405 g/mol. The van der Waals surface area contributed by atoms with Crippen LogP contribution in [0.5, 0.6) is 0 Å². The summed E-state index contributed by atoms with van der Waals surface area (Å²) in [6.07, 6.45) is -3.55. The molecule has 0 aliphatic rings. The van der Waals surface area contributed by atoms with E-state index in [1.165, 1.54) is 12.1 Å². The fourth-order valence-electron chi connectivity index (χ4n) is 2.15. The summed E-state index contributed by atoms with van der Waals surface area (Å²) in [7, 11) is 1.81. The first-order valence-corrected chi connectivity index (χ1v) is 7.57. The molecule has 1 nitrogen and oxygen atoms in total. The maximum atomic E-state index is 12.6. The van der Waals surface area contributed by atoms with E-state index in [1.807, 2.05) is 31.3 Å². The van der Waals surface area contributed by atoms with E-state index in [-0.39, 0.29) is 6.04 Å². The van der Waals surface area contributed by atoms with Crippen LogP contribution in [0.1, 0.15) is 22.7 Å². The molecule has 2 aromatic rings. The van der Waals surface area contributed by atoms with E-state index in [0.29, 0.717) is 0 Å². The van der Waals surface area contributed by atoms with Crippen LogP contribution in [-0.4, -0.2) is 7.05 Å². The number of rotatable bonds is 4. The average Bonchev–Trinajstić information content (AvgIpc) is 2.46. The minimum absolute atomic E-state index is 0.00709. The Morgan fingerprint density at radius 1 is 1.00 bits per heavy atom. The third-order valence-corrected chi connectivity index (χ3v) is 4.06. The molecule has 1 N–H and O–H groups in total. The van der Waals surface area contributed by atoms with Crippen LogP contribution in [0.4, 0.5) is 13.2 Å². The van der Waals surface area contributed by atoms with Crippen molar-refractivity contribution in [3.05, 3.63) is 68.8 Å². The highest BCUT2D eigenvalue weighted by Gasteiger charge is 2.30. The molecule has 0 aromatic heterocycles. The van der Waals surface area contributed by atoms with E-state index in [9.17, 15) is 13.2 Å². The molecule has 21 heavy (non-hydrogen) atoms. The number of halogens is 4. The van der Waals surface area contributed by atoms with Crippen molar-refractivity contribution in [2.24, 2.45) is 0 Å². The highest BCUT2D eigenvalue weighted by molar-refractivity contribution is 14.1. The van der Waals surface area contributed by atoms with Crippen molar-refractivity contribution in [1.82, 2.24) is 5.32 Å². The number of benzene rings is 2. The Bertz CT molecular complexity index is 576. The predicted octanol–water partition coefficient (Wildman–Crippen LogP) is 4.81. The van der Waals surface area contributed by atoms with Crippen molar-refractivity contribution >= 4 is 22.6 Å². The second-order valence-electron chi connectivity index (χ2n) is 4.79. The van der Waals surface area contributed by atoms with E-state index in [4.69, 9.17) is 0 Å². The lowest BCUT2D eigenvalue weighted by atomic mass is 9.98. The topological polar surface area (TPSA) is 12.0 Å². The zero-order valence-corrected chi connectivity index (χ0v) is 13.6. The van der Waals surface area contributed by atoms with Crippen LogP contribution in [0.3, 0.4) is 0 Å². The Labute approximate surface area is 135 Å². The van der Waals surface area contributed by atoms with Gasteiger partial charge in [-0.1, -0.05) is 24.3 Å². The molecule has 0 spiro atoms. The van der Waals surface area contributed by atoms with E-state index in [1.54, 1.807) is 0 Å². The Balaban J connectivity index is 2.15. The molecule has 2 rings (SSSR count). The second kappa shape index (κ2) is 6.79. The summed E-state index contributed by atoms with van der Waals surface area (Å²) >= 11 is 2.24. The smallest absolute Gasteiger partial charge is 0.313 e. The van der Waals surface area contributed by atoms with Crippen LogP contribution in [-0.2, 0) is 12.6 Å². The van der Waals surface area contributed by atoms with Gasteiger partial charge in [-0.2, -0.15) is 13.2 Å². The summed E-state index contributed by atoms with van der Waals surface area (Å²) in [5, 5.41) is 3.16. The van der Waals surface area contributed by atoms with E-state index in [2.05, 4.69) is 27.9 Å². The fraction of sp³-hybridized carbons (Fsp3) is 0.250. The largest absolute Gasteiger partial charge is 0.416 e. The Hall–Kier alpha value is -1.08. The van der Waals surface area contributed by atoms with Gasteiger partial charge < -0.3 is 5.32 Å². The third-order valence-electron chi connectivity index (χ3n) is 3.34. The molecule has 0 aliphatic carbocycles. The van der Waals surface area contributed by atoms with Gasteiger partial charge in [0.1, 0.15) is 0 Å². The van der Waals surface area contributed by atoms with Crippen LogP contribution in [0.25, 0.3) is 0 Å². The quantitative estimate of drug-likeness (QED) is 0.720. The number of nitrogens with one attached hydrogen (secondary N) is 1. The second-order valence-corrected chi connectivity index (χ2v) is 6.04. The molecule has 5 heteroatoms. The molecule has 112 valence electrons. The summed E-state index contributed by atoms with van der Waals surface area (Å²) in [6, 6.07) is 13.5. The van der Waals surface area contributed by atoms with Gasteiger partial charge in [0.2, 0.25) is 0 Å². The van der Waals surface area contributed by atoms with Gasteiger partial charge in [0.25, 0.3) is 0 Å². The van der Waals surface area contributed by atoms with Crippen molar-refractivity contribution in [2.75, 3.05) is 7.05 Å². The van der Waals surface area contributed by atoms with Gasteiger partial charge in [-0.3, -0.25) is 0 Å². The van der Waals surface area contributed by atoms with Gasteiger partial charge in [-0.05, 0) is 71.5 Å². The van der Waals surface area contributed by atoms with Crippen molar-refractivity contribution in [3.8, 4) is 0 Å². The van der Waals surface area contributed by atoms with Gasteiger partial charge in [0.15, 0.2) is 0 Å². The lowest BCUT2D eigenvalue weighted by Crippen LogP contribution is -2.19. The van der Waals surface area contributed by atoms with E-state index >= 15 is 0 Å². The monoisotopic (exact) mass is 405 g/mol. The maximum absolute atomic E-state index is 12.6. The summed E-state index contributed by atoms with van der Waals surface area (Å²) < 4.78 is 38.9. The molecule has 0 saturated carbocycles. The van der Waals surface area contributed by atoms with Crippen molar-refractivity contribution in [2.45, 2.75) is 18.6 Å². The lowest BCUT2D eigenvalue weighted by molar-refractivity contribution is -0.137. The first-order chi connectivity index (χ1) is 9.90. The van der Waals surface area contributed by atoms with Crippen LogP contribution in [0.2, 0.25) is 0 Å². The van der Waals surface area contributed by atoms with Crippen LogP contribution in [0.15, 0.2) is 48.5 Å². The molecule has 0 heterocycles. The first kappa shape index (κ1) is 16.3.